The standard InChI is InChI=1S/C15H17ClN4O2/c1-22-10-13(11-4-2-5-12(16)8-11)20-15(21)19-9-14-17-6-3-7-18-14/h2-8,13H,9-10H2,1H3,(H2,19,20,21). The number of methoxy groups -OCH3 is 1. The number of carbonyl (C=O) groups excluding carboxylic acids is 1. The van der Waals surface area contributed by atoms with Gasteiger partial charge in [-0.15, -0.1) is 0 Å². The molecular weight excluding hydrogens is 304 g/mol. The van der Waals surface area contributed by atoms with Crippen molar-refractivity contribution in [3.8, 4) is 0 Å². The van der Waals surface area contributed by atoms with Crippen molar-refractivity contribution in [3.05, 3.63) is 59.1 Å². The molecule has 1 unspecified atom stereocenters. The van der Waals surface area contributed by atoms with Crippen molar-refractivity contribution in [1.29, 1.82) is 0 Å². The van der Waals surface area contributed by atoms with Crippen LogP contribution in [0.15, 0.2) is 42.7 Å². The van der Waals surface area contributed by atoms with Crippen LogP contribution < -0.4 is 10.6 Å². The number of urea groups is 1. The predicted molar refractivity (Wildman–Crippen MR) is 83.5 cm³/mol. The zero-order chi connectivity index (χ0) is 15.8. The van der Waals surface area contributed by atoms with Crippen LogP contribution >= 0.6 is 11.6 Å². The van der Waals surface area contributed by atoms with Crippen molar-refractivity contribution in [2.24, 2.45) is 0 Å². The van der Waals surface area contributed by atoms with E-state index in [0.29, 0.717) is 17.5 Å². The SMILES string of the molecule is COCC(NC(=O)NCc1ncccn1)c1cccc(Cl)c1. The summed E-state index contributed by atoms with van der Waals surface area (Å²) < 4.78 is 5.15. The Bertz CT molecular complexity index is 610. The van der Waals surface area contributed by atoms with E-state index >= 15 is 0 Å². The molecule has 2 N–H and O–H groups in total. The molecule has 116 valence electrons. The number of benzene rings is 1. The van der Waals surface area contributed by atoms with Gasteiger partial charge in [-0.25, -0.2) is 14.8 Å². The van der Waals surface area contributed by atoms with Crippen molar-refractivity contribution < 1.29 is 9.53 Å². The zero-order valence-electron chi connectivity index (χ0n) is 12.1. The Morgan fingerprint density at radius 1 is 1.32 bits per heavy atom. The number of hydrogen-bond acceptors (Lipinski definition) is 4. The monoisotopic (exact) mass is 320 g/mol. The maximum absolute atomic E-state index is 12.0. The van der Waals surface area contributed by atoms with E-state index in [1.165, 1.54) is 0 Å². The van der Waals surface area contributed by atoms with Crippen molar-refractivity contribution in [1.82, 2.24) is 20.6 Å². The average molecular weight is 321 g/mol. The highest BCUT2D eigenvalue weighted by molar-refractivity contribution is 6.30. The van der Waals surface area contributed by atoms with Gasteiger partial charge in [0, 0.05) is 24.5 Å². The summed E-state index contributed by atoms with van der Waals surface area (Å²) in [7, 11) is 1.58. The minimum Gasteiger partial charge on any atom is -0.382 e. The molecule has 0 aliphatic rings. The first-order chi connectivity index (χ1) is 10.7. The minimum atomic E-state index is -0.325. The van der Waals surface area contributed by atoms with Gasteiger partial charge in [-0.2, -0.15) is 0 Å². The van der Waals surface area contributed by atoms with Crippen LogP contribution in [0.1, 0.15) is 17.4 Å². The first-order valence-corrected chi connectivity index (χ1v) is 7.11. The molecule has 2 rings (SSSR count). The molecule has 0 bridgehead atoms. The molecular formula is C15H17ClN4O2. The number of ether oxygens (including phenoxy) is 1. The highest BCUT2D eigenvalue weighted by Crippen LogP contribution is 2.18. The molecule has 0 saturated heterocycles. The number of nitrogens with one attached hydrogen (secondary N) is 2. The number of amides is 2. The van der Waals surface area contributed by atoms with E-state index in [4.69, 9.17) is 16.3 Å². The van der Waals surface area contributed by atoms with E-state index in [1.807, 2.05) is 12.1 Å². The molecule has 7 heteroatoms. The number of nitrogens with zero attached hydrogens (tertiary/aromatic N) is 2. The summed E-state index contributed by atoms with van der Waals surface area (Å²) in [5.41, 5.74) is 0.875. The molecule has 0 aliphatic heterocycles. The van der Waals surface area contributed by atoms with Crippen molar-refractivity contribution in [3.63, 3.8) is 0 Å². The Morgan fingerprint density at radius 3 is 2.77 bits per heavy atom. The number of carbonyl (C=O) groups is 1. The highest BCUT2D eigenvalue weighted by Gasteiger charge is 2.14. The Morgan fingerprint density at radius 2 is 2.09 bits per heavy atom. The van der Waals surface area contributed by atoms with Crippen LogP contribution in [-0.2, 0) is 11.3 Å². The van der Waals surface area contributed by atoms with Gasteiger partial charge in [0.2, 0.25) is 0 Å². The summed E-state index contributed by atoms with van der Waals surface area (Å²) in [6.45, 7) is 0.595. The second-order valence-corrected chi connectivity index (χ2v) is 4.99. The third kappa shape index (κ3) is 4.98. The lowest BCUT2D eigenvalue weighted by Crippen LogP contribution is -2.39. The molecule has 22 heavy (non-hydrogen) atoms. The van der Waals surface area contributed by atoms with Gasteiger partial charge in [-0.1, -0.05) is 23.7 Å². The maximum Gasteiger partial charge on any atom is 0.315 e. The van der Waals surface area contributed by atoms with Crippen LogP contribution in [0.3, 0.4) is 0 Å². The van der Waals surface area contributed by atoms with Crippen molar-refractivity contribution in [2.45, 2.75) is 12.6 Å². The van der Waals surface area contributed by atoms with E-state index < -0.39 is 0 Å². The van der Waals surface area contributed by atoms with Crippen LogP contribution in [0, 0.1) is 0 Å². The number of aromatic nitrogens is 2. The first kappa shape index (κ1) is 16.2. The van der Waals surface area contributed by atoms with Gasteiger partial charge >= 0.3 is 6.03 Å². The third-order valence-electron chi connectivity index (χ3n) is 2.92. The topological polar surface area (TPSA) is 76.1 Å². The fraction of sp³-hybridized carbons (Fsp3) is 0.267. The fourth-order valence-electron chi connectivity index (χ4n) is 1.90. The molecule has 2 aromatic rings. The van der Waals surface area contributed by atoms with Gasteiger partial charge < -0.3 is 15.4 Å². The molecule has 6 nitrogen and oxygen atoms in total. The lowest BCUT2D eigenvalue weighted by Gasteiger charge is -2.19. The summed E-state index contributed by atoms with van der Waals surface area (Å²) in [5, 5.41) is 6.16. The Labute approximate surface area is 133 Å². The second kappa shape index (κ2) is 8.31. The van der Waals surface area contributed by atoms with Crippen LogP contribution in [0.5, 0.6) is 0 Å². The molecule has 1 aromatic heterocycles. The second-order valence-electron chi connectivity index (χ2n) is 4.55. The Balaban J connectivity index is 1.94. The molecule has 0 aliphatic carbocycles. The first-order valence-electron chi connectivity index (χ1n) is 6.73. The van der Waals surface area contributed by atoms with Crippen molar-refractivity contribution >= 4 is 17.6 Å². The zero-order valence-corrected chi connectivity index (χ0v) is 12.9. The molecule has 0 fully saturated rings. The van der Waals surface area contributed by atoms with Gasteiger partial charge in [0.05, 0.1) is 19.2 Å². The predicted octanol–water partition coefficient (Wildman–Crippen LogP) is 2.32. The van der Waals surface area contributed by atoms with Gasteiger partial charge in [-0.05, 0) is 23.8 Å². The third-order valence-corrected chi connectivity index (χ3v) is 3.15. The van der Waals surface area contributed by atoms with E-state index in [2.05, 4.69) is 20.6 Å². The van der Waals surface area contributed by atoms with Crippen molar-refractivity contribution in [2.75, 3.05) is 13.7 Å². The Kier molecular flexibility index (Phi) is 6.12. The summed E-state index contributed by atoms with van der Waals surface area (Å²) in [5.74, 6) is 0.545. The molecule has 1 heterocycles. The van der Waals surface area contributed by atoms with E-state index in [-0.39, 0.29) is 18.6 Å². The number of rotatable bonds is 6. The summed E-state index contributed by atoms with van der Waals surface area (Å²) in [6, 6.07) is 8.40. The van der Waals surface area contributed by atoms with E-state index in [0.717, 1.165) is 5.56 Å². The summed E-state index contributed by atoms with van der Waals surface area (Å²) in [4.78, 5) is 20.1. The summed E-state index contributed by atoms with van der Waals surface area (Å²) in [6.07, 6.45) is 3.25. The highest BCUT2D eigenvalue weighted by atomic mass is 35.5. The van der Waals surface area contributed by atoms with Crippen LogP contribution in [0.25, 0.3) is 0 Å². The lowest BCUT2D eigenvalue weighted by molar-refractivity contribution is 0.166. The van der Waals surface area contributed by atoms with Crippen LogP contribution in [0.4, 0.5) is 4.79 Å². The lowest BCUT2D eigenvalue weighted by atomic mass is 10.1. The molecule has 0 saturated carbocycles. The largest absolute Gasteiger partial charge is 0.382 e. The average Bonchev–Trinajstić information content (AvgIpc) is 2.53. The molecule has 0 spiro atoms. The van der Waals surface area contributed by atoms with E-state index in [9.17, 15) is 4.79 Å². The molecule has 2 amide bonds. The minimum absolute atomic E-state index is 0.252. The quantitative estimate of drug-likeness (QED) is 0.856. The van der Waals surface area contributed by atoms with E-state index in [1.54, 1.807) is 37.7 Å². The molecule has 0 radical (unpaired) electrons. The molecule has 1 atom stereocenters. The smallest absolute Gasteiger partial charge is 0.315 e. The van der Waals surface area contributed by atoms with Crippen LogP contribution in [-0.4, -0.2) is 29.7 Å². The van der Waals surface area contributed by atoms with Gasteiger partial charge in [0.1, 0.15) is 5.82 Å². The maximum atomic E-state index is 12.0. The number of hydrogen-bond donors (Lipinski definition) is 2. The number of halogens is 1. The summed E-state index contributed by atoms with van der Waals surface area (Å²) >= 11 is 5.98. The normalized spacial score (nSPS) is 11.7. The van der Waals surface area contributed by atoms with Gasteiger partial charge in [0.25, 0.3) is 0 Å². The fourth-order valence-corrected chi connectivity index (χ4v) is 2.10. The van der Waals surface area contributed by atoms with Gasteiger partial charge in [0.15, 0.2) is 0 Å². The van der Waals surface area contributed by atoms with Crippen LogP contribution in [0.2, 0.25) is 5.02 Å². The van der Waals surface area contributed by atoms with Gasteiger partial charge in [-0.3, -0.25) is 0 Å². The Hall–Kier alpha value is -2.18. The molecule has 1 aromatic carbocycles.